The molecule has 1 aromatic heterocycles. The molecule has 2 aromatic rings. The molecule has 0 bridgehead atoms. The molecule has 1 aliphatic heterocycles. The predicted molar refractivity (Wildman–Crippen MR) is 96.6 cm³/mol. The smallest absolute Gasteiger partial charge is 0.308 e. The lowest BCUT2D eigenvalue weighted by Crippen LogP contribution is -2.44. The van der Waals surface area contributed by atoms with Gasteiger partial charge in [-0.1, -0.05) is 18.2 Å². The average molecular weight is 375 g/mol. The minimum absolute atomic E-state index is 0.182. The van der Waals surface area contributed by atoms with Crippen molar-refractivity contribution in [2.45, 2.75) is 26.1 Å². The molecule has 0 aliphatic carbocycles. The van der Waals surface area contributed by atoms with Gasteiger partial charge in [-0.3, -0.25) is 4.79 Å². The van der Waals surface area contributed by atoms with Crippen LogP contribution in [-0.2, 0) is 20.9 Å². The van der Waals surface area contributed by atoms with Crippen LogP contribution >= 0.6 is 0 Å². The van der Waals surface area contributed by atoms with Crippen LogP contribution in [0.1, 0.15) is 18.9 Å². The number of hydrogen-bond donors (Lipinski definition) is 1. The van der Waals surface area contributed by atoms with E-state index < -0.39 is 5.82 Å². The van der Waals surface area contributed by atoms with Crippen molar-refractivity contribution in [3.8, 4) is 11.1 Å². The van der Waals surface area contributed by atoms with Crippen LogP contribution in [0.15, 0.2) is 30.6 Å². The van der Waals surface area contributed by atoms with Crippen LogP contribution in [0.4, 0.5) is 10.3 Å². The Morgan fingerprint density at radius 3 is 2.89 bits per heavy atom. The van der Waals surface area contributed by atoms with Gasteiger partial charge in [-0.2, -0.15) is 0 Å². The van der Waals surface area contributed by atoms with Crippen molar-refractivity contribution in [1.29, 1.82) is 0 Å². The number of benzene rings is 1. The Labute approximate surface area is 156 Å². The third-order valence-electron chi connectivity index (χ3n) is 4.32. The van der Waals surface area contributed by atoms with Crippen LogP contribution in [0.3, 0.4) is 0 Å². The minimum Gasteiger partial charge on any atom is -0.466 e. The molecule has 1 N–H and O–H groups in total. The van der Waals surface area contributed by atoms with Gasteiger partial charge in [0.15, 0.2) is 0 Å². The number of anilines is 1. The van der Waals surface area contributed by atoms with E-state index in [2.05, 4.69) is 9.97 Å². The van der Waals surface area contributed by atoms with Crippen LogP contribution < -0.4 is 4.90 Å². The van der Waals surface area contributed by atoms with Gasteiger partial charge in [0, 0.05) is 42.2 Å². The zero-order chi connectivity index (χ0) is 19.2. The van der Waals surface area contributed by atoms with E-state index in [9.17, 15) is 14.3 Å². The lowest BCUT2D eigenvalue weighted by atomic mass is 10.1. The fraction of sp³-hybridized carbons (Fsp3) is 0.421. The molecule has 1 unspecified atom stereocenters. The van der Waals surface area contributed by atoms with Crippen LogP contribution in [0.5, 0.6) is 0 Å². The molecule has 0 radical (unpaired) electrons. The molecular formula is C19H22FN3O4. The lowest BCUT2D eigenvalue weighted by molar-refractivity contribution is -0.146. The maximum atomic E-state index is 14.4. The van der Waals surface area contributed by atoms with E-state index in [1.54, 1.807) is 31.5 Å². The summed E-state index contributed by atoms with van der Waals surface area (Å²) in [7, 11) is 0. The second-order valence-electron chi connectivity index (χ2n) is 6.16. The highest BCUT2D eigenvalue weighted by atomic mass is 19.1. The standard InChI is InChI=1S/C19H22FN3O4/c1-2-26-17(25)8-15-11-23(6-7-27-15)19-21-9-14(10-22-19)16-5-3-4-13(12-24)18(16)20/h3-5,9-10,15,24H,2,6-8,11-12H2,1H3. The third kappa shape index (κ3) is 4.58. The average Bonchev–Trinajstić information content (AvgIpc) is 2.69. The van der Waals surface area contributed by atoms with Crippen molar-refractivity contribution in [2.75, 3.05) is 31.2 Å². The molecule has 1 fully saturated rings. The number of carbonyl (C=O) groups excluding carboxylic acids is 1. The Kier molecular flexibility index (Phi) is 6.31. The molecule has 1 aromatic carbocycles. The van der Waals surface area contributed by atoms with Gasteiger partial charge in [0.1, 0.15) is 5.82 Å². The lowest BCUT2D eigenvalue weighted by Gasteiger charge is -2.32. The highest BCUT2D eigenvalue weighted by molar-refractivity contribution is 5.70. The second-order valence-corrected chi connectivity index (χ2v) is 6.16. The van der Waals surface area contributed by atoms with Gasteiger partial charge in [0.05, 0.1) is 32.3 Å². The minimum atomic E-state index is -0.475. The normalized spacial score (nSPS) is 17.0. The number of carbonyl (C=O) groups is 1. The molecule has 3 rings (SSSR count). The van der Waals surface area contributed by atoms with E-state index >= 15 is 0 Å². The van der Waals surface area contributed by atoms with E-state index in [1.165, 1.54) is 6.07 Å². The van der Waals surface area contributed by atoms with E-state index in [1.807, 2.05) is 4.90 Å². The molecule has 1 saturated heterocycles. The molecule has 27 heavy (non-hydrogen) atoms. The molecule has 2 heterocycles. The summed E-state index contributed by atoms with van der Waals surface area (Å²) in [4.78, 5) is 22.2. The fourth-order valence-corrected chi connectivity index (χ4v) is 2.98. The van der Waals surface area contributed by atoms with Gasteiger partial charge in [-0.15, -0.1) is 0 Å². The molecular weight excluding hydrogens is 353 g/mol. The van der Waals surface area contributed by atoms with E-state index in [-0.39, 0.29) is 30.7 Å². The summed E-state index contributed by atoms with van der Waals surface area (Å²) in [6.45, 7) is 3.28. The third-order valence-corrected chi connectivity index (χ3v) is 4.32. The Morgan fingerprint density at radius 1 is 1.41 bits per heavy atom. The molecule has 0 amide bonds. The van der Waals surface area contributed by atoms with Gasteiger partial charge < -0.3 is 19.5 Å². The Morgan fingerprint density at radius 2 is 2.19 bits per heavy atom. The van der Waals surface area contributed by atoms with Gasteiger partial charge in [-0.25, -0.2) is 14.4 Å². The van der Waals surface area contributed by atoms with Gasteiger partial charge >= 0.3 is 5.97 Å². The number of ether oxygens (including phenoxy) is 2. The number of rotatable bonds is 6. The van der Waals surface area contributed by atoms with Crippen LogP contribution in [-0.4, -0.2) is 53.5 Å². The highest BCUT2D eigenvalue weighted by Gasteiger charge is 2.25. The first-order valence-corrected chi connectivity index (χ1v) is 8.85. The van der Waals surface area contributed by atoms with Crippen molar-refractivity contribution < 1.29 is 23.8 Å². The summed E-state index contributed by atoms with van der Waals surface area (Å²) < 4.78 is 24.9. The maximum Gasteiger partial charge on any atom is 0.308 e. The summed E-state index contributed by atoms with van der Waals surface area (Å²) in [6.07, 6.45) is 3.01. The number of aromatic nitrogens is 2. The van der Waals surface area contributed by atoms with Crippen molar-refractivity contribution in [3.05, 3.63) is 42.0 Å². The second kappa shape index (κ2) is 8.88. The number of halogens is 1. The number of nitrogens with zero attached hydrogens (tertiary/aromatic N) is 3. The summed E-state index contributed by atoms with van der Waals surface area (Å²) in [6, 6.07) is 4.84. The molecule has 7 nitrogen and oxygen atoms in total. The maximum absolute atomic E-state index is 14.4. The summed E-state index contributed by atoms with van der Waals surface area (Å²) in [5, 5.41) is 9.20. The molecule has 1 atom stereocenters. The van der Waals surface area contributed by atoms with Crippen LogP contribution in [0.25, 0.3) is 11.1 Å². The van der Waals surface area contributed by atoms with E-state index in [0.717, 1.165) is 0 Å². The number of hydrogen-bond acceptors (Lipinski definition) is 7. The predicted octanol–water partition coefficient (Wildman–Crippen LogP) is 1.93. The first-order chi connectivity index (χ1) is 13.1. The molecule has 144 valence electrons. The fourth-order valence-electron chi connectivity index (χ4n) is 2.98. The quantitative estimate of drug-likeness (QED) is 0.772. The summed E-state index contributed by atoms with van der Waals surface area (Å²) in [5.74, 6) is -0.272. The molecule has 1 aliphatic rings. The van der Waals surface area contributed by atoms with Gasteiger partial charge in [-0.05, 0) is 6.92 Å². The van der Waals surface area contributed by atoms with Crippen molar-refractivity contribution in [3.63, 3.8) is 0 Å². The van der Waals surface area contributed by atoms with Crippen molar-refractivity contribution in [2.24, 2.45) is 0 Å². The van der Waals surface area contributed by atoms with Crippen LogP contribution in [0, 0.1) is 5.82 Å². The van der Waals surface area contributed by atoms with Crippen molar-refractivity contribution in [1.82, 2.24) is 9.97 Å². The largest absolute Gasteiger partial charge is 0.466 e. The molecule has 0 spiro atoms. The first kappa shape index (κ1) is 19.2. The van der Waals surface area contributed by atoms with Gasteiger partial charge in [0.25, 0.3) is 0 Å². The highest BCUT2D eigenvalue weighted by Crippen LogP contribution is 2.25. The topological polar surface area (TPSA) is 84.8 Å². The summed E-state index contributed by atoms with van der Waals surface area (Å²) >= 11 is 0. The Hall–Kier alpha value is -2.58. The zero-order valence-corrected chi connectivity index (χ0v) is 15.1. The zero-order valence-electron chi connectivity index (χ0n) is 15.1. The van der Waals surface area contributed by atoms with Crippen LogP contribution in [0.2, 0.25) is 0 Å². The number of morpholine rings is 1. The first-order valence-electron chi connectivity index (χ1n) is 8.85. The van der Waals surface area contributed by atoms with Crippen molar-refractivity contribution >= 4 is 11.9 Å². The molecule has 8 heteroatoms. The molecule has 0 saturated carbocycles. The number of aliphatic hydroxyl groups excluding tert-OH is 1. The Balaban J connectivity index is 1.71. The Bertz CT molecular complexity index is 785. The summed E-state index contributed by atoms with van der Waals surface area (Å²) in [5.41, 5.74) is 1.10. The van der Waals surface area contributed by atoms with E-state index in [4.69, 9.17) is 9.47 Å². The monoisotopic (exact) mass is 375 g/mol. The van der Waals surface area contributed by atoms with Gasteiger partial charge in [0.2, 0.25) is 5.95 Å². The SMILES string of the molecule is CCOC(=O)CC1CN(c2ncc(-c3cccc(CO)c3F)cn2)CCO1. The number of esters is 1. The van der Waals surface area contributed by atoms with E-state index in [0.29, 0.717) is 43.4 Å². The number of aliphatic hydroxyl groups is 1.